The van der Waals surface area contributed by atoms with Gasteiger partial charge in [0.2, 0.25) is 0 Å². The molecule has 0 aliphatic heterocycles. The molecule has 0 amide bonds. The number of benzene rings is 2. The van der Waals surface area contributed by atoms with E-state index in [0.717, 1.165) is 17.7 Å². The normalized spacial score (nSPS) is 12.0. The summed E-state index contributed by atoms with van der Waals surface area (Å²) in [6.45, 7) is 11.3. The Bertz CT molecular complexity index is 797. The number of alkyl halides is 1. The molecule has 8 heteroatoms. The van der Waals surface area contributed by atoms with Gasteiger partial charge in [-0.3, -0.25) is 0 Å². The molecule has 0 saturated carbocycles. The molecular weight excluding hydrogens is 496 g/mol. The summed E-state index contributed by atoms with van der Waals surface area (Å²) in [5, 5.41) is 18.7. The molecule has 0 aliphatic rings. The molecule has 0 heterocycles. The number of aliphatic hydroxyl groups is 2. The minimum atomic E-state index is -0.732. The van der Waals surface area contributed by atoms with Gasteiger partial charge in [-0.25, -0.2) is 0 Å². The molecule has 0 aliphatic carbocycles. The van der Waals surface area contributed by atoms with Crippen LogP contribution in [0.3, 0.4) is 0 Å². The van der Waals surface area contributed by atoms with E-state index in [2.05, 4.69) is 26.0 Å². The van der Waals surface area contributed by atoms with Gasteiger partial charge < -0.3 is 33.9 Å². The molecule has 37 heavy (non-hydrogen) atoms. The highest BCUT2D eigenvalue weighted by molar-refractivity contribution is 6.17. The van der Waals surface area contributed by atoms with Gasteiger partial charge >= 0.3 is 0 Å². The molecule has 0 radical (unpaired) electrons. The fourth-order valence-corrected chi connectivity index (χ4v) is 3.42. The lowest BCUT2D eigenvalue weighted by molar-refractivity contribution is -0.0217. The van der Waals surface area contributed by atoms with Crippen molar-refractivity contribution >= 4 is 11.6 Å². The Morgan fingerprint density at radius 3 is 1.70 bits per heavy atom. The van der Waals surface area contributed by atoms with Crippen molar-refractivity contribution in [1.29, 1.82) is 0 Å². The van der Waals surface area contributed by atoms with Crippen LogP contribution < -0.4 is 9.47 Å². The van der Waals surface area contributed by atoms with Crippen molar-refractivity contribution < 1.29 is 33.9 Å². The van der Waals surface area contributed by atoms with E-state index in [0.29, 0.717) is 51.3 Å². The van der Waals surface area contributed by atoms with Crippen LogP contribution >= 0.6 is 11.6 Å². The zero-order chi connectivity index (χ0) is 27.4. The average molecular weight is 541 g/mol. The van der Waals surface area contributed by atoms with Gasteiger partial charge in [0.25, 0.3) is 0 Å². The van der Waals surface area contributed by atoms with Crippen LogP contribution in [0, 0.1) is 0 Å². The van der Waals surface area contributed by atoms with E-state index in [9.17, 15) is 5.11 Å². The van der Waals surface area contributed by atoms with Crippen LogP contribution in [0.2, 0.25) is 0 Å². The summed E-state index contributed by atoms with van der Waals surface area (Å²) in [6.07, 6.45) is 0.0929. The van der Waals surface area contributed by atoms with Crippen molar-refractivity contribution in [3.63, 3.8) is 0 Å². The largest absolute Gasteiger partial charge is 0.494 e. The maximum absolute atomic E-state index is 10.1. The summed E-state index contributed by atoms with van der Waals surface area (Å²) < 4.78 is 27.2. The van der Waals surface area contributed by atoms with Crippen LogP contribution in [0.15, 0.2) is 48.5 Å². The van der Waals surface area contributed by atoms with E-state index in [-0.39, 0.29) is 25.2 Å². The highest BCUT2D eigenvalue weighted by atomic mass is 35.5. The Labute approximate surface area is 227 Å². The maximum atomic E-state index is 10.1. The zero-order valence-electron chi connectivity index (χ0n) is 22.8. The molecule has 1 atom stereocenters. The molecule has 2 aromatic carbocycles. The first-order chi connectivity index (χ1) is 18.0. The van der Waals surface area contributed by atoms with Crippen LogP contribution in [-0.4, -0.2) is 81.7 Å². The van der Waals surface area contributed by atoms with Crippen LogP contribution in [0.25, 0.3) is 0 Å². The van der Waals surface area contributed by atoms with Gasteiger partial charge in [0.05, 0.1) is 52.9 Å². The highest BCUT2D eigenvalue weighted by Gasteiger charge is 2.23. The Morgan fingerprint density at radius 2 is 1.19 bits per heavy atom. The number of rotatable bonds is 19. The van der Waals surface area contributed by atoms with Gasteiger partial charge in [-0.05, 0) is 41.8 Å². The fourth-order valence-electron chi connectivity index (χ4n) is 3.31. The average Bonchev–Trinajstić information content (AvgIpc) is 2.93. The summed E-state index contributed by atoms with van der Waals surface area (Å²) >= 11 is 5.70. The summed E-state index contributed by atoms with van der Waals surface area (Å²) in [7, 11) is 0. The van der Waals surface area contributed by atoms with Gasteiger partial charge in [0.1, 0.15) is 24.2 Å². The Morgan fingerprint density at radius 1 is 0.703 bits per heavy atom. The van der Waals surface area contributed by atoms with Crippen molar-refractivity contribution in [1.82, 2.24) is 0 Å². The third kappa shape index (κ3) is 13.5. The predicted octanol–water partition coefficient (Wildman–Crippen LogP) is 4.83. The molecule has 7 nitrogen and oxygen atoms in total. The Kier molecular flexibility index (Phi) is 18.0. The first-order valence-electron chi connectivity index (χ1n) is 13.0. The van der Waals surface area contributed by atoms with Crippen LogP contribution in [0.1, 0.15) is 45.2 Å². The van der Waals surface area contributed by atoms with Gasteiger partial charge in [0, 0.05) is 11.3 Å². The minimum Gasteiger partial charge on any atom is -0.494 e. The Balaban J connectivity index is 0.00000334. The number of ether oxygens (including phenoxy) is 5. The van der Waals surface area contributed by atoms with E-state index >= 15 is 0 Å². The SMILES string of the molecule is CC.CC(C)(c1ccc(OCCCCl)cc1)c1ccc(OCC(O)COCCOCCOCCO)cc1. The third-order valence-electron chi connectivity index (χ3n) is 5.43. The van der Waals surface area contributed by atoms with E-state index in [4.69, 9.17) is 40.4 Å². The summed E-state index contributed by atoms with van der Waals surface area (Å²) in [4.78, 5) is 0. The first-order valence-corrected chi connectivity index (χ1v) is 13.6. The number of hydrogen-bond acceptors (Lipinski definition) is 7. The molecule has 0 aromatic heterocycles. The maximum Gasteiger partial charge on any atom is 0.119 e. The quantitative estimate of drug-likeness (QED) is 0.195. The van der Waals surface area contributed by atoms with Gasteiger partial charge in [0.15, 0.2) is 0 Å². The van der Waals surface area contributed by atoms with E-state index in [1.54, 1.807) is 0 Å². The number of hydrogen-bond donors (Lipinski definition) is 2. The first kappa shape index (κ1) is 33.2. The lowest BCUT2D eigenvalue weighted by Gasteiger charge is -2.26. The van der Waals surface area contributed by atoms with Crippen molar-refractivity contribution in [2.45, 2.75) is 45.6 Å². The summed E-state index contributed by atoms with van der Waals surface area (Å²) in [5.41, 5.74) is 2.16. The zero-order valence-corrected chi connectivity index (χ0v) is 23.5. The second kappa shape index (κ2) is 20.1. The van der Waals surface area contributed by atoms with Crippen molar-refractivity contribution in [3.05, 3.63) is 59.7 Å². The molecule has 2 rings (SSSR count). The van der Waals surface area contributed by atoms with Crippen molar-refractivity contribution in [2.24, 2.45) is 0 Å². The van der Waals surface area contributed by atoms with E-state index in [1.807, 2.05) is 50.2 Å². The molecule has 0 spiro atoms. The second-order valence-electron chi connectivity index (χ2n) is 8.55. The fraction of sp³-hybridized carbons (Fsp3) is 0.586. The summed E-state index contributed by atoms with van der Waals surface area (Å²) in [6, 6.07) is 16.1. The smallest absolute Gasteiger partial charge is 0.119 e. The Hall–Kier alpha value is -1.87. The highest BCUT2D eigenvalue weighted by Crippen LogP contribution is 2.33. The topological polar surface area (TPSA) is 86.6 Å². The molecule has 2 N–H and O–H groups in total. The molecule has 2 aromatic rings. The lowest BCUT2D eigenvalue weighted by Crippen LogP contribution is -2.24. The molecule has 210 valence electrons. The van der Waals surface area contributed by atoms with Crippen LogP contribution in [0.5, 0.6) is 11.5 Å². The van der Waals surface area contributed by atoms with Crippen LogP contribution in [0.4, 0.5) is 0 Å². The standard InChI is InChI=1S/C27H39ClO7.C2H6/c1-27(2,22-4-8-25(9-5-22)34-14-3-12-28)23-6-10-26(11-7-23)35-21-24(30)20-33-19-18-32-17-16-31-15-13-29;1-2/h4-11,24,29-30H,3,12-21H2,1-2H3;1-2H3. The van der Waals surface area contributed by atoms with Crippen molar-refractivity contribution in [2.75, 3.05) is 65.3 Å². The third-order valence-corrected chi connectivity index (χ3v) is 5.70. The molecule has 0 bridgehead atoms. The molecule has 1 unspecified atom stereocenters. The number of halogens is 1. The van der Waals surface area contributed by atoms with Crippen molar-refractivity contribution in [3.8, 4) is 11.5 Å². The lowest BCUT2D eigenvalue weighted by atomic mass is 9.78. The van der Waals surface area contributed by atoms with Gasteiger partial charge in [-0.1, -0.05) is 52.0 Å². The monoisotopic (exact) mass is 540 g/mol. The molecule has 0 fully saturated rings. The molecular formula is C29H45ClO7. The predicted molar refractivity (Wildman–Crippen MR) is 148 cm³/mol. The molecule has 0 saturated heterocycles. The van der Waals surface area contributed by atoms with E-state index < -0.39 is 6.10 Å². The second-order valence-corrected chi connectivity index (χ2v) is 8.93. The number of aliphatic hydroxyl groups excluding tert-OH is 2. The van der Waals surface area contributed by atoms with E-state index in [1.165, 1.54) is 5.56 Å². The summed E-state index contributed by atoms with van der Waals surface area (Å²) in [5.74, 6) is 2.13. The van der Waals surface area contributed by atoms with Gasteiger partial charge in [-0.15, -0.1) is 11.6 Å². The van der Waals surface area contributed by atoms with Crippen LogP contribution in [-0.2, 0) is 19.6 Å². The minimum absolute atomic E-state index is 0.00611. The van der Waals surface area contributed by atoms with Gasteiger partial charge in [-0.2, -0.15) is 0 Å².